The van der Waals surface area contributed by atoms with Gasteiger partial charge in [-0.2, -0.15) is 0 Å². The first kappa shape index (κ1) is 17.6. The van der Waals surface area contributed by atoms with Gasteiger partial charge in [-0.1, -0.05) is 30.3 Å². The van der Waals surface area contributed by atoms with Crippen molar-refractivity contribution in [2.75, 3.05) is 11.9 Å². The van der Waals surface area contributed by atoms with E-state index in [-0.39, 0.29) is 5.91 Å². The van der Waals surface area contributed by atoms with Gasteiger partial charge in [-0.25, -0.2) is 0 Å². The normalized spacial score (nSPS) is 15.1. The summed E-state index contributed by atoms with van der Waals surface area (Å²) in [6.45, 7) is 3.22. The summed E-state index contributed by atoms with van der Waals surface area (Å²) in [7, 11) is 0. The van der Waals surface area contributed by atoms with Crippen LogP contribution in [0, 0.1) is 5.92 Å². The Labute approximate surface area is 151 Å². The number of thiophene rings is 1. The lowest BCUT2D eigenvalue weighted by Gasteiger charge is -2.28. The molecule has 6 heteroatoms. The molecule has 25 heavy (non-hydrogen) atoms. The molecule has 3 N–H and O–H groups in total. The Morgan fingerprint density at radius 1 is 1.28 bits per heavy atom. The van der Waals surface area contributed by atoms with Crippen LogP contribution in [0.25, 0.3) is 0 Å². The Hall–Kier alpha value is -2.18. The Balaban J connectivity index is 1.67. The summed E-state index contributed by atoms with van der Waals surface area (Å²) in [5, 5.41) is 5.12. The quantitative estimate of drug-likeness (QED) is 0.762. The summed E-state index contributed by atoms with van der Waals surface area (Å²) in [4.78, 5) is 26.1. The van der Waals surface area contributed by atoms with Crippen LogP contribution in [0.1, 0.15) is 35.7 Å². The molecule has 1 unspecified atom stereocenters. The molecule has 1 heterocycles. The third-order valence-electron chi connectivity index (χ3n) is 4.64. The Morgan fingerprint density at radius 3 is 2.64 bits per heavy atom. The fourth-order valence-electron chi connectivity index (χ4n) is 2.99. The van der Waals surface area contributed by atoms with E-state index in [1.165, 1.54) is 29.7 Å². The van der Waals surface area contributed by atoms with Crippen molar-refractivity contribution >= 4 is 28.2 Å². The van der Waals surface area contributed by atoms with Gasteiger partial charge in [0, 0.05) is 12.6 Å². The van der Waals surface area contributed by atoms with E-state index in [9.17, 15) is 9.59 Å². The van der Waals surface area contributed by atoms with E-state index in [1.54, 1.807) is 11.4 Å². The standard InChI is InChI=1S/C19H23N3O2S/c1-13(15-7-8-15)22(11-14-5-3-2-4-6-14)12-17(23)21-19-16(18(20)24)9-10-25-19/h2-6,9-10,13,15H,7-8,11-12H2,1H3,(H2,20,24)(H,21,23). The molecule has 0 radical (unpaired) electrons. The molecule has 1 saturated carbocycles. The van der Waals surface area contributed by atoms with Crippen LogP contribution in [-0.2, 0) is 11.3 Å². The topological polar surface area (TPSA) is 75.4 Å². The zero-order valence-corrected chi connectivity index (χ0v) is 15.1. The molecule has 1 fully saturated rings. The van der Waals surface area contributed by atoms with Gasteiger partial charge in [0.25, 0.3) is 5.91 Å². The van der Waals surface area contributed by atoms with Gasteiger partial charge < -0.3 is 11.1 Å². The Morgan fingerprint density at radius 2 is 2.00 bits per heavy atom. The summed E-state index contributed by atoms with van der Waals surface area (Å²) >= 11 is 1.31. The third-order valence-corrected chi connectivity index (χ3v) is 5.47. The van der Waals surface area contributed by atoms with Crippen molar-refractivity contribution in [3.05, 3.63) is 52.9 Å². The number of nitrogens with two attached hydrogens (primary N) is 1. The minimum Gasteiger partial charge on any atom is -0.366 e. The first-order valence-corrected chi connectivity index (χ1v) is 9.37. The lowest BCUT2D eigenvalue weighted by molar-refractivity contribution is -0.118. The van der Waals surface area contributed by atoms with Crippen LogP contribution in [-0.4, -0.2) is 29.3 Å². The van der Waals surface area contributed by atoms with Gasteiger partial charge in [-0.15, -0.1) is 11.3 Å². The van der Waals surface area contributed by atoms with E-state index in [2.05, 4.69) is 29.3 Å². The van der Waals surface area contributed by atoms with Gasteiger partial charge >= 0.3 is 0 Å². The van der Waals surface area contributed by atoms with Crippen molar-refractivity contribution in [2.24, 2.45) is 11.7 Å². The number of primary amides is 1. The van der Waals surface area contributed by atoms with Crippen LogP contribution in [0.4, 0.5) is 5.00 Å². The fraction of sp³-hybridized carbons (Fsp3) is 0.368. The van der Waals surface area contributed by atoms with E-state index in [0.29, 0.717) is 29.1 Å². The van der Waals surface area contributed by atoms with Crippen LogP contribution in [0.3, 0.4) is 0 Å². The van der Waals surface area contributed by atoms with Crippen molar-refractivity contribution in [1.29, 1.82) is 0 Å². The molecule has 1 aliphatic carbocycles. The number of hydrogen-bond acceptors (Lipinski definition) is 4. The second-order valence-electron chi connectivity index (χ2n) is 6.54. The molecule has 0 aliphatic heterocycles. The van der Waals surface area contributed by atoms with Gasteiger partial charge in [0.1, 0.15) is 5.00 Å². The monoisotopic (exact) mass is 357 g/mol. The maximum Gasteiger partial charge on any atom is 0.251 e. The maximum atomic E-state index is 12.5. The maximum absolute atomic E-state index is 12.5. The highest BCUT2D eigenvalue weighted by atomic mass is 32.1. The number of benzene rings is 1. The zero-order valence-electron chi connectivity index (χ0n) is 14.3. The number of carbonyl (C=O) groups excluding carboxylic acids is 2. The van der Waals surface area contributed by atoms with Crippen molar-refractivity contribution in [2.45, 2.75) is 32.4 Å². The number of nitrogens with zero attached hydrogens (tertiary/aromatic N) is 1. The van der Waals surface area contributed by atoms with E-state index in [1.807, 2.05) is 18.2 Å². The SMILES string of the molecule is CC(C1CC1)N(CC(=O)Nc1sccc1C(N)=O)Cc1ccccc1. The molecule has 0 saturated heterocycles. The molecule has 1 atom stereocenters. The molecule has 132 valence electrons. The fourth-order valence-corrected chi connectivity index (χ4v) is 3.80. The first-order valence-electron chi connectivity index (χ1n) is 8.49. The molecule has 1 aliphatic rings. The molecule has 0 spiro atoms. The van der Waals surface area contributed by atoms with Crippen LogP contribution < -0.4 is 11.1 Å². The second kappa shape index (κ2) is 7.80. The summed E-state index contributed by atoms with van der Waals surface area (Å²) in [6, 6.07) is 12.2. The largest absolute Gasteiger partial charge is 0.366 e. The Bertz CT molecular complexity index is 740. The van der Waals surface area contributed by atoms with E-state index in [4.69, 9.17) is 5.73 Å². The average molecular weight is 357 g/mol. The van der Waals surface area contributed by atoms with E-state index in [0.717, 1.165) is 6.54 Å². The minimum atomic E-state index is -0.524. The first-order chi connectivity index (χ1) is 12.0. The molecule has 1 aromatic carbocycles. The molecule has 2 amide bonds. The van der Waals surface area contributed by atoms with Gasteiger partial charge in [0.2, 0.25) is 5.91 Å². The third kappa shape index (κ3) is 4.67. The second-order valence-corrected chi connectivity index (χ2v) is 7.46. The minimum absolute atomic E-state index is 0.117. The molecule has 5 nitrogen and oxygen atoms in total. The average Bonchev–Trinajstić information content (AvgIpc) is 3.34. The lowest BCUT2D eigenvalue weighted by Crippen LogP contribution is -2.40. The van der Waals surface area contributed by atoms with E-state index < -0.39 is 5.91 Å². The number of carbonyl (C=O) groups is 2. The number of hydrogen-bond donors (Lipinski definition) is 2. The summed E-state index contributed by atoms with van der Waals surface area (Å²) in [5.74, 6) is 0.0249. The number of rotatable bonds is 8. The number of nitrogens with one attached hydrogen (secondary N) is 1. The van der Waals surface area contributed by atoms with Crippen LogP contribution in [0.2, 0.25) is 0 Å². The van der Waals surface area contributed by atoms with Crippen molar-refractivity contribution in [3.63, 3.8) is 0 Å². The van der Waals surface area contributed by atoms with Gasteiger partial charge in [0.15, 0.2) is 0 Å². The predicted molar refractivity (Wildman–Crippen MR) is 101 cm³/mol. The van der Waals surface area contributed by atoms with Crippen molar-refractivity contribution < 1.29 is 9.59 Å². The van der Waals surface area contributed by atoms with Gasteiger partial charge in [-0.3, -0.25) is 14.5 Å². The zero-order chi connectivity index (χ0) is 17.8. The van der Waals surface area contributed by atoms with Crippen LogP contribution in [0.5, 0.6) is 0 Å². The lowest BCUT2D eigenvalue weighted by atomic mass is 10.1. The summed E-state index contributed by atoms with van der Waals surface area (Å²) < 4.78 is 0. The van der Waals surface area contributed by atoms with Gasteiger partial charge in [0.05, 0.1) is 12.1 Å². The van der Waals surface area contributed by atoms with Crippen molar-refractivity contribution in [3.8, 4) is 0 Å². The molecule has 1 aromatic heterocycles. The van der Waals surface area contributed by atoms with Crippen LogP contribution in [0.15, 0.2) is 41.8 Å². The molecular weight excluding hydrogens is 334 g/mol. The van der Waals surface area contributed by atoms with Crippen molar-refractivity contribution in [1.82, 2.24) is 4.90 Å². The summed E-state index contributed by atoms with van der Waals surface area (Å²) in [6.07, 6.45) is 2.45. The number of anilines is 1. The highest BCUT2D eigenvalue weighted by Gasteiger charge is 2.32. The molecule has 0 bridgehead atoms. The number of amides is 2. The highest BCUT2D eigenvalue weighted by molar-refractivity contribution is 7.14. The van der Waals surface area contributed by atoms with Gasteiger partial charge in [-0.05, 0) is 42.7 Å². The highest BCUT2D eigenvalue weighted by Crippen LogP contribution is 2.35. The molecular formula is C19H23N3O2S. The van der Waals surface area contributed by atoms with E-state index >= 15 is 0 Å². The van der Waals surface area contributed by atoms with Crippen LogP contribution >= 0.6 is 11.3 Å². The Kier molecular flexibility index (Phi) is 5.50. The smallest absolute Gasteiger partial charge is 0.251 e. The molecule has 2 aromatic rings. The summed E-state index contributed by atoms with van der Waals surface area (Å²) in [5.41, 5.74) is 6.90. The molecule has 3 rings (SSSR count). The predicted octanol–water partition coefficient (Wildman–Crippen LogP) is 3.09.